The summed E-state index contributed by atoms with van der Waals surface area (Å²) in [5.41, 5.74) is 1.36. The minimum Gasteiger partial charge on any atom is -0.501 e. The first-order chi connectivity index (χ1) is 4.89. The zero-order valence-corrected chi connectivity index (χ0v) is 7.90. The van der Waals surface area contributed by atoms with Crippen molar-refractivity contribution in [3.05, 3.63) is 11.8 Å². The van der Waals surface area contributed by atoms with Gasteiger partial charge in [0.05, 0.1) is 12.9 Å². The van der Waals surface area contributed by atoms with E-state index < -0.39 is 0 Å². The van der Waals surface area contributed by atoms with Crippen molar-refractivity contribution in [1.82, 2.24) is 0 Å². The molecule has 1 nitrogen and oxygen atoms in total. The summed E-state index contributed by atoms with van der Waals surface area (Å²) in [4.78, 5) is 0. The van der Waals surface area contributed by atoms with Gasteiger partial charge in [0.25, 0.3) is 0 Å². The highest BCUT2D eigenvalue weighted by atomic mass is 16.5. The van der Waals surface area contributed by atoms with Gasteiger partial charge in [0.1, 0.15) is 0 Å². The molecule has 1 heteroatoms. The lowest BCUT2D eigenvalue weighted by molar-refractivity contribution is 0.281. The standard InChI is InChI=1S/C5H8O.2C2H6/c1-5-2-3-6-4-5;2*1-2/h4H,2-3H2,1H3;2*1-2H3. The van der Waals surface area contributed by atoms with E-state index in [0.29, 0.717) is 0 Å². The highest BCUT2D eigenvalue weighted by molar-refractivity contribution is 4.96. The predicted molar refractivity (Wildman–Crippen MR) is 47.0 cm³/mol. The van der Waals surface area contributed by atoms with Crippen LogP contribution in [0, 0.1) is 0 Å². The van der Waals surface area contributed by atoms with E-state index in [0.717, 1.165) is 13.0 Å². The molecule has 1 rings (SSSR count). The molecule has 10 heavy (non-hydrogen) atoms. The van der Waals surface area contributed by atoms with Crippen LogP contribution in [0.15, 0.2) is 11.8 Å². The minimum absolute atomic E-state index is 0.895. The first-order valence-electron chi connectivity index (χ1n) is 4.17. The van der Waals surface area contributed by atoms with Gasteiger partial charge in [0.2, 0.25) is 0 Å². The number of rotatable bonds is 0. The maximum Gasteiger partial charge on any atom is 0.0911 e. The van der Waals surface area contributed by atoms with E-state index in [1.165, 1.54) is 5.57 Å². The third kappa shape index (κ3) is 7.54. The van der Waals surface area contributed by atoms with Gasteiger partial charge >= 0.3 is 0 Å². The lowest BCUT2D eigenvalue weighted by Crippen LogP contribution is -1.72. The van der Waals surface area contributed by atoms with E-state index in [1.807, 2.05) is 34.0 Å². The summed E-state index contributed by atoms with van der Waals surface area (Å²) in [7, 11) is 0. The Morgan fingerprint density at radius 3 is 1.80 bits per heavy atom. The Kier molecular flexibility index (Phi) is 13.9. The van der Waals surface area contributed by atoms with Gasteiger partial charge in [-0.25, -0.2) is 0 Å². The Balaban J connectivity index is 0. The van der Waals surface area contributed by atoms with Crippen LogP contribution in [0.4, 0.5) is 0 Å². The van der Waals surface area contributed by atoms with Gasteiger partial charge < -0.3 is 4.74 Å². The summed E-state index contributed by atoms with van der Waals surface area (Å²) in [6, 6.07) is 0. The SMILES string of the molecule is CC.CC.CC1=COCC1. The molecule has 0 saturated heterocycles. The molecule has 0 spiro atoms. The van der Waals surface area contributed by atoms with E-state index in [9.17, 15) is 0 Å². The molecule has 0 unspecified atom stereocenters. The molecule has 0 aliphatic carbocycles. The molecule has 1 aliphatic rings. The number of ether oxygens (including phenoxy) is 1. The van der Waals surface area contributed by atoms with Gasteiger partial charge in [-0.1, -0.05) is 27.7 Å². The van der Waals surface area contributed by atoms with Crippen molar-refractivity contribution in [2.75, 3.05) is 6.61 Å². The molecule has 0 aromatic heterocycles. The first-order valence-corrected chi connectivity index (χ1v) is 4.17. The molecule has 0 fully saturated rings. The van der Waals surface area contributed by atoms with E-state index in [4.69, 9.17) is 4.74 Å². The highest BCUT2D eigenvalue weighted by Crippen LogP contribution is 2.06. The maximum atomic E-state index is 4.89. The topological polar surface area (TPSA) is 9.23 Å². The Morgan fingerprint density at radius 1 is 1.20 bits per heavy atom. The van der Waals surface area contributed by atoms with Crippen molar-refractivity contribution in [1.29, 1.82) is 0 Å². The summed E-state index contributed by atoms with van der Waals surface area (Å²) in [5, 5.41) is 0. The highest BCUT2D eigenvalue weighted by Gasteiger charge is 1.95. The molecule has 0 N–H and O–H groups in total. The number of hydrogen-bond donors (Lipinski definition) is 0. The molecule has 0 radical (unpaired) electrons. The first kappa shape index (κ1) is 12.2. The summed E-state index contributed by atoms with van der Waals surface area (Å²) < 4.78 is 4.89. The fourth-order valence-corrected chi connectivity index (χ4v) is 0.480. The molecular weight excluding hydrogens is 124 g/mol. The van der Waals surface area contributed by atoms with Gasteiger partial charge in [-0.2, -0.15) is 0 Å². The third-order valence-corrected chi connectivity index (χ3v) is 0.899. The van der Waals surface area contributed by atoms with E-state index in [-0.39, 0.29) is 0 Å². The van der Waals surface area contributed by atoms with Crippen LogP contribution in [0.5, 0.6) is 0 Å². The Labute approximate surface area is 65.1 Å². The zero-order valence-electron chi connectivity index (χ0n) is 7.90. The molecule has 1 aliphatic heterocycles. The lowest BCUT2D eigenvalue weighted by Gasteiger charge is -1.80. The summed E-state index contributed by atoms with van der Waals surface area (Å²) in [6.07, 6.45) is 2.94. The van der Waals surface area contributed by atoms with Crippen LogP contribution >= 0.6 is 0 Å². The summed E-state index contributed by atoms with van der Waals surface area (Å²) in [5.74, 6) is 0. The molecule has 0 bridgehead atoms. The summed E-state index contributed by atoms with van der Waals surface area (Å²) in [6.45, 7) is 11.0. The van der Waals surface area contributed by atoms with Gasteiger partial charge in [-0.15, -0.1) is 0 Å². The predicted octanol–water partition coefficient (Wildman–Crippen LogP) is 3.36. The van der Waals surface area contributed by atoms with Crippen LogP contribution in [-0.4, -0.2) is 6.61 Å². The van der Waals surface area contributed by atoms with Crippen LogP contribution in [0.25, 0.3) is 0 Å². The van der Waals surface area contributed by atoms with Crippen LogP contribution in [-0.2, 0) is 4.74 Å². The normalized spacial score (nSPS) is 13.1. The second-order valence-electron chi connectivity index (χ2n) is 1.58. The van der Waals surface area contributed by atoms with E-state index in [1.54, 1.807) is 0 Å². The van der Waals surface area contributed by atoms with Crippen molar-refractivity contribution in [2.45, 2.75) is 41.0 Å². The second-order valence-corrected chi connectivity index (χ2v) is 1.58. The molecule has 0 aromatic carbocycles. The third-order valence-electron chi connectivity index (χ3n) is 0.899. The summed E-state index contributed by atoms with van der Waals surface area (Å²) >= 11 is 0. The van der Waals surface area contributed by atoms with Crippen molar-refractivity contribution in [3.8, 4) is 0 Å². The molecule has 62 valence electrons. The fourth-order valence-electron chi connectivity index (χ4n) is 0.480. The van der Waals surface area contributed by atoms with Crippen LogP contribution < -0.4 is 0 Å². The van der Waals surface area contributed by atoms with E-state index in [2.05, 4.69) is 6.92 Å². The molecule has 0 aromatic rings. The number of hydrogen-bond acceptors (Lipinski definition) is 1. The van der Waals surface area contributed by atoms with Crippen molar-refractivity contribution in [2.24, 2.45) is 0 Å². The van der Waals surface area contributed by atoms with Crippen molar-refractivity contribution >= 4 is 0 Å². The quantitative estimate of drug-likeness (QED) is 0.506. The average Bonchev–Trinajstić information content (AvgIpc) is 2.48. The smallest absolute Gasteiger partial charge is 0.0911 e. The fraction of sp³-hybridized carbons (Fsp3) is 0.778. The second kappa shape index (κ2) is 11.4. The van der Waals surface area contributed by atoms with Crippen molar-refractivity contribution in [3.63, 3.8) is 0 Å². The van der Waals surface area contributed by atoms with Gasteiger partial charge in [-0.05, 0) is 12.5 Å². The Bertz CT molecular complexity index is 74.8. The maximum absolute atomic E-state index is 4.89. The van der Waals surface area contributed by atoms with E-state index >= 15 is 0 Å². The molecule has 0 atom stereocenters. The molecule has 0 saturated carbocycles. The Hall–Kier alpha value is -0.460. The largest absolute Gasteiger partial charge is 0.501 e. The van der Waals surface area contributed by atoms with Crippen LogP contribution in [0.3, 0.4) is 0 Å². The van der Waals surface area contributed by atoms with Crippen LogP contribution in [0.2, 0.25) is 0 Å². The molecule has 0 amide bonds. The van der Waals surface area contributed by atoms with Crippen molar-refractivity contribution < 1.29 is 4.74 Å². The minimum atomic E-state index is 0.895. The van der Waals surface area contributed by atoms with Crippen LogP contribution in [0.1, 0.15) is 41.0 Å². The Morgan fingerprint density at radius 2 is 1.70 bits per heavy atom. The van der Waals surface area contributed by atoms with Gasteiger partial charge in [0, 0.05) is 6.42 Å². The molecule has 1 heterocycles. The average molecular weight is 144 g/mol. The van der Waals surface area contributed by atoms with Gasteiger partial charge in [-0.3, -0.25) is 0 Å². The van der Waals surface area contributed by atoms with Gasteiger partial charge in [0.15, 0.2) is 0 Å². The lowest BCUT2D eigenvalue weighted by atomic mass is 10.3. The monoisotopic (exact) mass is 144 g/mol. The molecular formula is C9H20O. The zero-order chi connectivity index (χ0) is 8.41.